The summed E-state index contributed by atoms with van der Waals surface area (Å²) in [6, 6.07) is 7.42. The van der Waals surface area contributed by atoms with Crippen molar-refractivity contribution >= 4 is 33.1 Å². The summed E-state index contributed by atoms with van der Waals surface area (Å²) in [7, 11) is -3.43. The number of rotatable bonds is 5. The molecule has 4 heterocycles. The van der Waals surface area contributed by atoms with Crippen molar-refractivity contribution in [2.75, 3.05) is 31.1 Å². The third-order valence-corrected chi connectivity index (χ3v) is 8.42. The Bertz CT molecular complexity index is 958. The molecule has 0 unspecified atom stereocenters. The molecule has 2 fully saturated rings. The van der Waals surface area contributed by atoms with Crippen LogP contribution in [0.1, 0.15) is 40.2 Å². The highest BCUT2D eigenvalue weighted by Gasteiger charge is 2.28. The lowest BCUT2D eigenvalue weighted by Crippen LogP contribution is -2.44. The number of pyridine rings is 1. The Morgan fingerprint density at radius 3 is 2.41 bits per heavy atom. The first-order valence-corrected chi connectivity index (χ1v) is 12.3. The Kier molecular flexibility index (Phi) is 5.89. The van der Waals surface area contributed by atoms with Gasteiger partial charge in [-0.1, -0.05) is 0 Å². The minimum absolute atomic E-state index is 0.00357. The van der Waals surface area contributed by atoms with E-state index in [2.05, 4.69) is 15.2 Å². The molecule has 0 saturated carbocycles. The van der Waals surface area contributed by atoms with Gasteiger partial charge in [-0.25, -0.2) is 13.4 Å². The minimum atomic E-state index is -3.43. The van der Waals surface area contributed by atoms with Crippen LogP contribution in [0.2, 0.25) is 0 Å². The fourth-order valence-electron chi connectivity index (χ4n) is 3.86. The van der Waals surface area contributed by atoms with Gasteiger partial charge in [0.25, 0.3) is 5.91 Å². The molecule has 0 radical (unpaired) electrons. The number of nitrogens with one attached hydrogen (secondary N) is 1. The quantitative estimate of drug-likeness (QED) is 0.782. The molecule has 2 aliphatic rings. The molecule has 1 N–H and O–H groups in total. The molecule has 0 bridgehead atoms. The van der Waals surface area contributed by atoms with Crippen LogP contribution in [0.4, 0.5) is 5.82 Å². The maximum absolute atomic E-state index is 12.6. The van der Waals surface area contributed by atoms with E-state index in [0.717, 1.165) is 54.3 Å². The predicted octanol–water partition coefficient (Wildman–Crippen LogP) is 2.63. The van der Waals surface area contributed by atoms with Crippen LogP contribution in [0, 0.1) is 6.92 Å². The highest BCUT2D eigenvalue weighted by atomic mass is 32.2. The number of anilines is 1. The Labute approximate surface area is 175 Å². The van der Waals surface area contributed by atoms with E-state index >= 15 is 0 Å². The summed E-state index contributed by atoms with van der Waals surface area (Å²) in [5.41, 5.74) is 0. The monoisotopic (exact) mass is 434 g/mol. The Hall–Kier alpha value is -1.97. The van der Waals surface area contributed by atoms with Crippen molar-refractivity contribution in [1.82, 2.24) is 14.6 Å². The lowest BCUT2D eigenvalue weighted by atomic mass is 10.0. The van der Waals surface area contributed by atoms with Crippen molar-refractivity contribution in [3.63, 3.8) is 0 Å². The summed E-state index contributed by atoms with van der Waals surface area (Å²) in [5.74, 6) is 0.778. The van der Waals surface area contributed by atoms with E-state index in [1.54, 1.807) is 12.1 Å². The first kappa shape index (κ1) is 20.3. The molecule has 29 heavy (non-hydrogen) atoms. The summed E-state index contributed by atoms with van der Waals surface area (Å²) in [4.78, 5) is 21.0. The van der Waals surface area contributed by atoms with Crippen LogP contribution >= 0.6 is 11.3 Å². The number of nitrogens with zero attached hydrogens (tertiary/aromatic N) is 3. The average Bonchev–Trinajstić information content (AvgIpc) is 3.41. The standard InChI is InChI=1S/C20H26N4O3S2/c1-15-4-6-18(28-15)20(25)22-16-8-12-23(13-9-16)19-7-5-17(14-21-19)29(26,27)24-10-2-3-11-24/h4-7,14,16H,2-3,8-13H2,1H3,(H,22,25). The molecule has 156 valence electrons. The summed E-state index contributed by atoms with van der Waals surface area (Å²) >= 11 is 1.51. The molecular formula is C20H26N4O3S2. The van der Waals surface area contributed by atoms with E-state index in [9.17, 15) is 13.2 Å². The Balaban J connectivity index is 1.33. The summed E-state index contributed by atoms with van der Waals surface area (Å²) < 4.78 is 26.8. The molecule has 2 aliphatic heterocycles. The minimum Gasteiger partial charge on any atom is -0.356 e. The maximum atomic E-state index is 12.6. The van der Waals surface area contributed by atoms with Gasteiger partial charge >= 0.3 is 0 Å². The van der Waals surface area contributed by atoms with Crippen LogP contribution in [0.5, 0.6) is 0 Å². The number of carbonyl (C=O) groups excluding carboxylic acids is 1. The third kappa shape index (κ3) is 4.46. The molecule has 7 nitrogen and oxygen atoms in total. The van der Waals surface area contributed by atoms with Gasteiger partial charge in [0.1, 0.15) is 10.7 Å². The zero-order valence-corrected chi connectivity index (χ0v) is 18.1. The predicted molar refractivity (Wildman–Crippen MR) is 114 cm³/mol. The number of sulfonamides is 1. The smallest absolute Gasteiger partial charge is 0.261 e. The number of hydrogen-bond donors (Lipinski definition) is 1. The van der Waals surface area contributed by atoms with E-state index in [0.29, 0.717) is 13.1 Å². The number of hydrogen-bond acceptors (Lipinski definition) is 6. The molecule has 9 heteroatoms. The second-order valence-corrected chi connectivity index (χ2v) is 10.8. The molecule has 2 aromatic rings. The van der Waals surface area contributed by atoms with Crippen molar-refractivity contribution < 1.29 is 13.2 Å². The molecule has 0 aromatic carbocycles. The summed E-state index contributed by atoms with van der Waals surface area (Å²) in [6.07, 6.45) is 4.98. The number of thiophene rings is 1. The second-order valence-electron chi connectivity index (χ2n) is 7.61. The van der Waals surface area contributed by atoms with E-state index in [-0.39, 0.29) is 16.8 Å². The SMILES string of the molecule is Cc1ccc(C(=O)NC2CCN(c3ccc(S(=O)(=O)N4CCCC4)cn3)CC2)s1. The van der Waals surface area contributed by atoms with Crippen molar-refractivity contribution in [3.8, 4) is 0 Å². The van der Waals surface area contributed by atoms with E-state index < -0.39 is 10.0 Å². The average molecular weight is 435 g/mol. The molecule has 2 saturated heterocycles. The van der Waals surface area contributed by atoms with Gasteiger partial charge in [-0.2, -0.15) is 4.31 Å². The van der Waals surface area contributed by atoms with Gasteiger partial charge in [-0.15, -0.1) is 11.3 Å². The molecule has 0 aliphatic carbocycles. The molecule has 4 rings (SSSR count). The van der Waals surface area contributed by atoms with Gasteiger partial charge in [0, 0.05) is 43.3 Å². The van der Waals surface area contributed by atoms with Crippen LogP contribution < -0.4 is 10.2 Å². The molecule has 1 amide bonds. The van der Waals surface area contributed by atoms with Crippen molar-refractivity contribution in [2.45, 2.75) is 43.5 Å². The van der Waals surface area contributed by atoms with Gasteiger partial charge in [0.15, 0.2) is 0 Å². The first-order valence-electron chi connectivity index (χ1n) is 10.0. The Morgan fingerprint density at radius 1 is 1.10 bits per heavy atom. The van der Waals surface area contributed by atoms with Crippen LogP contribution in [0.3, 0.4) is 0 Å². The number of aromatic nitrogens is 1. The summed E-state index contributed by atoms with van der Waals surface area (Å²) in [6.45, 7) is 4.73. The molecule has 0 atom stereocenters. The number of piperidine rings is 1. The van der Waals surface area contributed by atoms with Crippen molar-refractivity contribution in [2.24, 2.45) is 0 Å². The van der Waals surface area contributed by atoms with Gasteiger partial charge < -0.3 is 10.2 Å². The molecule has 0 spiro atoms. The lowest BCUT2D eigenvalue weighted by molar-refractivity contribution is 0.0935. The zero-order chi connectivity index (χ0) is 20.4. The topological polar surface area (TPSA) is 82.6 Å². The van der Waals surface area contributed by atoms with E-state index in [1.165, 1.54) is 21.8 Å². The van der Waals surface area contributed by atoms with Crippen LogP contribution in [-0.4, -0.2) is 55.8 Å². The van der Waals surface area contributed by atoms with Crippen LogP contribution in [-0.2, 0) is 10.0 Å². The summed E-state index contributed by atoms with van der Waals surface area (Å²) in [5, 5.41) is 3.12. The highest BCUT2D eigenvalue weighted by molar-refractivity contribution is 7.89. The first-order chi connectivity index (χ1) is 13.9. The fourth-order valence-corrected chi connectivity index (χ4v) is 6.09. The van der Waals surface area contributed by atoms with E-state index in [4.69, 9.17) is 0 Å². The number of carbonyl (C=O) groups is 1. The van der Waals surface area contributed by atoms with Crippen molar-refractivity contribution in [3.05, 3.63) is 40.2 Å². The second kappa shape index (κ2) is 8.41. The lowest BCUT2D eigenvalue weighted by Gasteiger charge is -2.33. The fraction of sp³-hybridized carbons (Fsp3) is 0.500. The number of amides is 1. The van der Waals surface area contributed by atoms with Crippen LogP contribution in [0.15, 0.2) is 35.4 Å². The van der Waals surface area contributed by atoms with Gasteiger partial charge in [-0.05, 0) is 56.9 Å². The highest BCUT2D eigenvalue weighted by Crippen LogP contribution is 2.24. The maximum Gasteiger partial charge on any atom is 0.261 e. The zero-order valence-electron chi connectivity index (χ0n) is 16.5. The normalized spacial score (nSPS) is 18.9. The largest absolute Gasteiger partial charge is 0.356 e. The van der Waals surface area contributed by atoms with Gasteiger partial charge in [-0.3, -0.25) is 4.79 Å². The molecular weight excluding hydrogens is 408 g/mol. The van der Waals surface area contributed by atoms with Gasteiger partial charge in [0.2, 0.25) is 10.0 Å². The Morgan fingerprint density at radius 2 is 1.83 bits per heavy atom. The van der Waals surface area contributed by atoms with Crippen LogP contribution in [0.25, 0.3) is 0 Å². The van der Waals surface area contributed by atoms with Crippen molar-refractivity contribution in [1.29, 1.82) is 0 Å². The van der Waals surface area contributed by atoms with Gasteiger partial charge in [0.05, 0.1) is 4.88 Å². The number of aryl methyl sites for hydroxylation is 1. The van der Waals surface area contributed by atoms with E-state index in [1.807, 2.05) is 19.1 Å². The molecule has 2 aromatic heterocycles. The third-order valence-electron chi connectivity index (χ3n) is 5.54.